The zero-order valence-electron chi connectivity index (χ0n) is 17.2. The molecule has 1 fully saturated rings. The highest BCUT2D eigenvalue weighted by molar-refractivity contribution is 7.14. The van der Waals surface area contributed by atoms with Gasteiger partial charge in [-0.15, -0.1) is 11.3 Å². The molecule has 3 heterocycles. The molecule has 1 saturated carbocycles. The Kier molecular flexibility index (Phi) is 5.51. The average Bonchev–Trinajstić information content (AvgIpc) is 3.51. The smallest absolute Gasteiger partial charge is 0.259 e. The van der Waals surface area contributed by atoms with E-state index in [9.17, 15) is 9.59 Å². The number of rotatable bonds is 4. The number of hydrogen-bond acceptors (Lipinski definition) is 5. The van der Waals surface area contributed by atoms with Crippen molar-refractivity contribution in [3.05, 3.63) is 59.2 Å². The Hall–Kier alpha value is -3.06. The summed E-state index contributed by atoms with van der Waals surface area (Å²) in [5, 5.41) is 5.34. The van der Waals surface area contributed by atoms with Gasteiger partial charge < -0.3 is 4.90 Å². The zero-order valence-corrected chi connectivity index (χ0v) is 18.0. The Morgan fingerprint density at radius 1 is 1.13 bits per heavy atom. The standard InChI is InChI=1S/C24H24N4O2S/c29-22(19-7-3-11-25-14-19)27-24-26-20(15-31-24)17-9-10-21-18(13-17)8-4-12-28(21)23(30)16-5-1-2-6-16/h3,7,9-11,13-16H,1-2,4-6,8,12H2,(H,26,27,29). The van der Waals surface area contributed by atoms with Crippen molar-refractivity contribution in [2.45, 2.75) is 38.5 Å². The van der Waals surface area contributed by atoms with E-state index in [1.807, 2.05) is 16.3 Å². The molecule has 0 unspecified atom stereocenters. The number of thiazole rings is 1. The highest BCUT2D eigenvalue weighted by Gasteiger charge is 2.30. The average molecular weight is 433 g/mol. The number of anilines is 2. The Balaban J connectivity index is 1.34. The van der Waals surface area contributed by atoms with Crippen LogP contribution in [-0.4, -0.2) is 28.3 Å². The van der Waals surface area contributed by atoms with Gasteiger partial charge in [0.2, 0.25) is 5.91 Å². The van der Waals surface area contributed by atoms with Gasteiger partial charge in [-0.05, 0) is 55.5 Å². The summed E-state index contributed by atoms with van der Waals surface area (Å²) in [6.07, 6.45) is 9.50. The Morgan fingerprint density at radius 3 is 2.81 bits per heavy atom. The minimum absolute atomic E-state index is 0.190. The molecule has 0 spiro atoms. The maximum absolute atomic E-state index is 13.0. The second-order valence-electron chi connectivity index (χ2n) is 8.15. The summed E-state index contributed by atoms with van der Waals surface area (Å²) in [4.78, 5) is 35.9. The molecule has 1 aliphatic carbocycles. The molecule has 6 nitrogen and oxygen atoms in total. The fourth-order valence-corrected chi connectivity index (χ4v) is 5.22. The van der Waals surface area contributed by atoms with Gasteiger partial charge in [-0.3, -0.25) is 19.9 Å². The molecule has 0 radical (unpaired) electrons. The van der Waals surface area contributed by atoms with Crippen LogP contribution < -0.4 is 10.2 Å². The van der Waals surface area contributed by atoms with Crippen molar-refractivity contribution in [2.75, 3.05) is 16.8 Å². The largest absolute Gasteiger partial charge is 0.312 e. The lowest BCUT2D eigenvalue weighted by Gasteiger charge is -2.31. The number of nitrogens with one attached hydrogen (secondary N) is 1. The number of fused-ring (bicyclic) bond motifs is 1. The van der Waals surface area contributed by atoms with Gasteiger partial charge in [0, 0.05) is 41.5 Å². The highest BCUT2D eigenvalue weighted by atomic mass is 32.1. The van der Waals surface area contributed by atoms with Crippen molar-refractivity contribution in [1.29, 1.82) is 0 Å². The molecule has 7 heteroatoms. The van der Waals surface area contributed by atoms with Crippen LogP contribution in [0.15, 0.2) is 48.1 Å². The minimum Gasteiger partial charge on any atom is -0.312 e. The molecule has 1 N–H and O–H groups in total. The monoisotopic (exact) mass is 432 g/mol. The summed E-state index contributed by atoms with van der Waals surface area (Å²) < 4.78 is 0. The second-order valence-corrected chi connectivity index (χ2v) is 9.01. The van der Waals surface area contributed by atoms with E-state index < -0.39 is 0 Å². The molecule has 1 aliphatic heterocycles. The Morgan fingerprint density at radius 2 is 2.00 bits per heavy atom. The first-order valence-corrected chi connectivity index (χ1v) is 11.7. The first-order valence-electron chi connectivity index (χ1n) is 10.8. The predicted octanol–water partition coefficient (Wildman–Crippen LogP) is 4.93. The lowest BCUT2D eigenvalue weighted by molar-refractivity contribution is -0.122. The summed E-state index contributed by atoms with van der Waals surface area (Å²) in [6, 6.07) is 9.69. The van der Waals surface area contributed by atoms with Crippen LogP contribution in [0, 0.1) is 5.92 Å². The molecule has 158 valence electrons. The summed E-state index contributed by atoms with van der Waals surface area (Å²) in [5.41, 5.74) is 4.58. The third-order valence-corrected chi connectivity index (χ3v) is 6.87. The molecule has 0 saturated heterocycles. The molecular weight excluding hydrogens is 408 g/mol. The maximum Gasteiger partial charge on any atom is 0.259 e. The van der Waals surface area contributed by atoms with Crippen molar-refractivity contribution in [2.24, 2.45) is 5.92 Å². The van der Waals surface area contributed by atoms with E-state index in [0.29, 0.717) is 16.6 Å². The molecule has 2 amide bonds. The molecule has 5 rings (SSSR count). The molecule has 1 aromatic carbocycles. The number of pyridine rings is 1. The van der Waals surface area contributed by atoms with Crippen molar-refractivity contribution in [1.82, 2.24) is 9.97 Å². The van der Waals surface area contributed by atoms with Crippen LogP contribution in [0.5, 0.6) is 0 Å². The summed E-state index contributed by atoms with van der Waals surface area (Å²) in [7, 11) is 0. The van der Waals surface area contributed by atoms with Gasteiger partial charge in [0.05, 0.1) is 11.3 Å². The van der Waals surface area contributed by atoms with E-state index >= 15 is 0 Å². The van der Waals surface area contributed by atoms with Gasteiger partial charge >= 0.3 is 0 Å². The van der Waals surface area contributed by atoms with Gasteiger partial charge in [0.15, 0.2) is 5.13 Å². The van der Waals surface area contributed by atoms with E-state index in [4.69, 9.17) is 0 Å². The van der Waals surface area contributed by atoms with Crippen LogP contribution in [0.4, 0.5) is 10.8 Å². The van der Waals surface area contributed by atoms with Crippen LogP contribution in [-0.2, 0) is 11.2 Å². The number of hydrogen-bond donors (Lipinski definition) is 1. The van der Waals surface area contributed by atoms with Gasteiger partial charge in [0.25, 0.3) is 5.91 Å². The number of nitrogens with zero attached hydrogens (tertiary/aromatic N) is 3. The lowest BCUT2D eigenvalue weighted by Crippen LogP contribution is -2.39. The summed E-state index contributed by atoms with van der Waals surface area (Å²) in [6.45, 7) is 0.808. The Labute approximate surface area is 185 Å². The van der Waals surface area contributed by atoms with Crippen molar-refractivity contribution < 1.29 is 9.59 Å². The topological polar surface area (TPSA) is 75.2 Å². The predicted molar refractivity (Wildman–Crippen MR) is 122 cm³/mol. The third-order valence-electron chi connectivity index (χ3n) is 6.11. The first-order chi connectivity index (χ1) is 15.2. The normalized spacial score (nSPS) is 16.2. The zero-order chi connectivity index (χ0) is 21.2. The van der Waals surface area contributed by atoms with Crippen LogP contribution in [0.25, 0.3) is 11.3 Å². The molecule has 3 aromatic rings. The minimum atomic E-state index is -0.222. The number of carbonyl (C=O) groups excluding carboxylic acids is 2. The molecule has 2 aliphatic rings. The van der Waals surface area contributed by atoms with E-state index in [2.05, 4.69) is 27.4 Å². The van der Waals surface area contributed by atoms with Crippen LogP contribution >= 0.6 is 11.3 Å². The number of carbonyl (C=O) groups is 2. The van der Waals surface area contributed by atoms with E-state index in [1.54, 1.807) is 18.3 Å². The summed E-state index contributed by atoms with van der Waals surface area (Å²) >= 11 is 1.40. The Bertz CT molecular complexity index is 1110. The number of benzene rings is 1. The van der Waals surface area contributed by atoms with Crippen molar-refractivity contribution >= 4 is 34.0 Å². The van der Waals surface area contributed by atoms with Crippen molar-refractivity contribution in [3.63, 3.8) is 0 Å². The van der Waals surface area contributed by atoms with E-state index in [0.717, 1.165) is 49.2 Å². The SMILES string of the molecule is O=C(Nc1nc(-c2ccc3c(c2)CCCN3C(=O)C2CCCC2)cs1)c1cccnc1. The highest BCUT2D eigenvalue weighted by Crippen LogP contribution is 2.35. The third kappa shape index (κ3) is 4.10. The van der Waals surface area contributed by atoms with Crippen LogP contribution in [0.2, 0.25) is 0 Å². The van der Waals surface area contributed by atoms with Crippen molar-refractivity contribution in [3.8, 4) is 11.3 Å². The lowest BCUT2D eigenvalue weighted by atomic mass is 9.96. The van der Waals surface area contributed by atoms with Gasteiger partial charge in [-0.25, -0.2) is 4.98 Å². The van der Waals surface area contributed by atoms with Gasteiger partial charge in [-0.2, -0.15) is 0 Å². The quantitative estimate of drug-likeness (QED) is 0.634. The molecule has 0 bridgehead atoms. The molecule has 0 atom stereocenters. The van der Waals surface area contributed by atoms with Crippen LogP contribution in [0.1, 0.15) is 48.0 Å². The number of aromatic nitrogens is 2. The molecule has 2 aromatic heterocycles. The summed E-state index contributed by atoms with van der Waals surface area (Å²) in [5.74, 6) is 0.260. The number of amides is 2. The van der Waals surface area contributed by atoms with Crippen LogP contribution in [0.3, 0.4) is 0 Å². The second kappa shape index (κ2) is 8.59. The fraction of sp³-hybridized carbons (Fsp3) is 0.333. The maximum atomic E-state index is 13.0. The molecular formula is C24H24N4O2S. The molecule has 31 heavy (non-hydrogen) atoms. The fourth-order valence-electron chi connectivity index (χ4n) is 4.51. The number of aryl methyl sites for hydroxylation is 1. The first kappa shape index (κ1) is 19.9. The van der Waals surface area contributed by atoms with E-state index in [-0.39, 0.29) is 11.8 Å². The van der Waals surface area contributed by atoms with Gasteiger partial charge in [-0.1, -0.05) is 18.9 Å². The van der Waals surface area contributed by atoms with E-state index in [1.165, 1.54) is 35.9 Å². The van der Waals surface area contributed by atoms with Gasteiger partial charge in [0.1, 0.15) is 0 Å².